The van der Waals surface area contributed by atoms with Gasteiger partial charge in [-0.05, 0) is 282 Å². The fourth-order valence-electron chi connectivity index (χ4n) is 17.7. The molecule has 0 aliphatic carbocycles. The molecule has 0 amide bonds. The lowest BCUT2D eigenvalue weighted by Gasteiger charge is -2.28. The molecule has 16 aromatic carbocycles. The second kappa shape index (κ2) is 30.7. The van der Waals surface area contributed by atoms with Gasteiger partial charge in [-0.3, -0.25) is 0 Å². The molecule has 20 rings (SSSR count). The van der Waals surface area contributed by atoms with Crippen LogP contribution in [0.5, 0.6) is 0 Å². The molecule has 8 heteroatoms. The van der Waals surface area contributed by atoms with E-state index in [-0.39, 0.29) is 32.5 Å². The van der Waals surface area contributed by atoms with E-state index in [1.54, 1.807) is 0 Å². The molecule has 0 saturated heterocycles. The van der Waals surface area contributed by atoms with Crippen LogP contribution in [0.15, 0.2) is 336 Å². The van der Waals surface area contributed by atoms with E-state index in [4.69, 9.17) is 8.83 Å². The van der Waals surface area contributed by atoms with Gasteiger partial charge in [0.1, 0.15) is 22.3 Å². The third kappa shape index (κ3) is 15.5. The number of benzene rings is 16. The molecule has 0 bridgehead atoms. The van der Waals surface area contributed by atoms with Crippen molar-refractivity contribution < 1.29 is 8.83 Å². The number of para-hydroxylation sites is 2. The molecule has 0 aliphatic rings. The highest BCUT2D eigenvalue weighted by Crippen LogP contribution is 2.49. The fourth-order valence-corrected chi connectivity index (χ4v) is 20.0. The molecule has 0 atom stereocenters. The van der Waals surface area contributed by atoms with Crippen molar-refractivity contribution in [2.75, 3.05) is 19.6 Å². The number of hydrogen-bond acceptors (Lipinski definition) is 8. The molecular formula is C116H108N4O2S2. The first kappa shape index (κ1) is 81.0. The fraction of sp³-hybridized carbons (Fsp3) is 0.207. The van der Waals surface area contributed by atoms with E-state index in [0.29, 0.717) is 0 Å². The van der Waals surface area contributed by atoms with Crippen LogP contribution in [0.4, 0.5) is 68.2 Å². The molecule has 4 aromatic heterocycles. The Hall–Kier alpha value is -12.7. The predicted octanol–water partition coefficient (Wildman–Crippen LogP) is 35.9. The molecule has 124 heavy (non-hydrogen) atoms. The Kier molecular flexibility index (Phi) is 20.0. The van der Waals surface area contributed by atoms with E-state index >= 15 is 0 Å². The third-order valence-corrected chi connectivity index (χ3v) is 27.2. The van der Waals surface area contributed by atoms with Gasteiger partial charge in [0.15, 0.2) is 0 Å². The smallest absolute Gasteiger partial charge is 0.137 e. The number of hydrogen-bond donors (Lipinski definition) is 0. The molecule has 20 aromatic rings. The Labute approximate surface area is 737 Å². The molecule has 6 nitrogen and oxygen atoms in total. The minimum absolute atomic E-state index is 0.0711. The summed E-state index contributed by atoms with van der Waals surface area (Å²) in [4.78, 5) is 9.41. The molecule has 0 unspecified atom stereocenters. The van der Waals surface area contributed by atoms with Crippen LogP contribution in [0.1, 0.15) is 158 Å². The van der Waals surface area contributed by atoms with Gasteiger partial charge in [0, 0.05) is 142 Å². The summed E-state index contributed by atoms with van der Waals surface area (Å²) in [5, 5.41) is 14.4. The van der Waals surface area contributed by atoms with Gasteiger partial charge in [-0.25, -0.2) is 0 Å². The molecule has 0 N–H and O–H groups in total. The lowest BCUT2D eigenvalue weighted by Crippen LogP contribution is -2.14. The molecule has 4 heterocycles. The molecule has 0 fully saturated rings. The van der Waals surface area contributed by atoms with Crippen LogP contribution in [-0.2, 0) is 32.5 Å². The minimum Gasteiger partial charge on any atom is -0.456 e. The van der Waals surface area contributed by atoms with Gasteiger partial charge in [-0.1, -0.05) is 246 Å². The van der Waals surface area contributed by atoms with Gasteiger partial charge in [0.05, 0.1) is 0 Å². The quantitative estimate of drug-likeness (QED) is 0.121. The monoisotopic (exact) mass is 1650 g/mol. The molecule has 0 spiro atoms. The standard InChI is InChI=1S/C62H62N2OS.C54H46N2OS/c1-59(2,3)41-13-21-45(22-14-41)63(46-23-15-42(16-24-46)60(4,5)6)49-29-31-51-53-33-39-34-54-52-32-30-50(38-58(52)66-57(54)36-40(39)35-55(53)65-56(51)37-49)64(47-25-17-43(18-26-47)61(7,8)9)48-27-19-44(20-28-48)62(10,11)12;1-53(2,3)37-17-21-41(22-18-37)55(39-13-9-7-10-14-39)43-25-27-45-47-29-35-30-48-46-28-26-44(34-52(46)58-51(48)32-36(35)31-49(47)57-50(45)33-43)56(40-15-11-8-12-16-40)42-23-19-38(20-24-42)54(4,5)6/h13-38H,1-12H3;7-34H,1-6H3. The van der Waals surface area contributed by atoms with Crippen molar-refractivity contribution in [1.82, 2.24) is 0 Å². The zero-order valence-electron chi connectivity index (χ0n) is 74.6. The van der Waals surface area contributed by atoms with Gasteiger partial charge in [0.25, 0.3) is 0 Å². The summed E-state index contributed by atoms with van der Waals surface area (Å²) in [6.45, 7) is 40.8. The van der Waals surface area contributed by atoms with Crippen molar-refractivity contribution in [2.45, 2.75) is 157 Å². The summed E-state index contributed by atoms with van der Waals surface area (Å²) in [5.74, 6) is 0. The van der Waals surface area contributed by atoms with E-state index in [1.165, 1.54) is 95.3 Å². The van der Waals surface area contributed by atoms with Crippen LogP contribution in [0, 0.1) is 0 Å². The van der Waals surface area contributed by atoms with Crippen LogP contribution in [0.25, 0.3) is 106 Å². The first-order valence-corrected chi connectivity index (χ1v) is 45.3. The lowest BCUT2D eigenvalue weighted by atomic mass is 9.86. The van der Waals surface area contributed by atoms with Crippen molar-refractivity contribution in [3.05, 3.63) is 361 Å². The van der Waals surface area contributed by atoms with E-state index in [9.17, 15) is 0 Å². The van der Waals surface area contributed by atoms with E-state index in [1.807, 2.05) is 22.7 Å². The maximum atomic E-state index is 6.77. The normalized spacial score (nSPS) is 12.6. The van der Waals surface area contributed by atoms with Crippen LogP contribution >= 0.6 is 22.7 Å². The minimum atomic E-state index is 0.0711. The Bertz CT molecular complexity index is 6870. The Balaban J connectivity index is 0.000000164. The maximum absolute atomic E-state index is 6.77. The van der Waals surface area contributed by atoms with Crippen molar-refractivity contribution in [3.63, 3.8) is 0 Å². The second-order valence-corrected chi connectivity index (χ2v) is 42.2. The van der Waals surface area contributed by atoms with Crippen molar-refractivity contribution >= 4 is 197 Å². The molecule has 616 valence electrons. The number of furan rings is 2. The van der Waals surface area contributed by atoms with E-state index < -0.39 is 0 Å². The Morgan fingerprint density at radius 1 is 0.169 bits per heavy atom. The number of anilines is 12. The molecule has 0 aliphatic heterocycles. The van der Waals surface area contributed by atoms with Gasteiger partial charge >= 0.3 is 0 Å². The summed E-state index contributed by atoms with van der Waals surface area (Å²) >= 11 is 3.72. The van der Waals surface area contributed by atoms with Crippen LogP contribution in [0.3, 0.4) is 0 Å². The average molecular weight is 1650 g/mol. The summed E-state index contributed by atoms with van der Waals surface area (Å²) in [5.41, 5.74) is 25.4. The number of nitrogens with zero attached hydrogens (tertiary/aromatic N) is 4. The molecule has 0 saturated carbocycles. The summed E-state index contributed by atoms with van der Waals surface area (Å²) in [6, 6.07) is 121. The SMILES string of the molecule is CC(C)(C)c1ccc(N(c2ccc(C(C)(C)C)cc2)c2ccc3c(c2)oc2cc4cc5sc6cc(N(c7ccc(C(C)(C)C)cc7)c7ccc(C(C)(C)C)cc7)ccc6c5cc4cc23)cc1.CC(C)(C)c1ccc(N(c2ccccc2)c2ccc3c(c2)oc2cc4cc5sc6cc(N(c7ccccc7)c7ccc(C(C)(C)C)cc7)ccc6c5cc4cc23)cc1. The number of rotatable bonds is 12. The van der Waals surface area contributed by atoms with Gasteiger partial charge in [-0.2, -0.15) is 0 Å². The highest BCUT2D eigenvalue weighted by atomic mass is 32.1. The predicted molar refractivity (Wildman–Crippen MR) is 539 cm³/mol. The molecule has 0 radical (unpaired) electrons. The Morgan fingerprint density at radius 3 is 0.629 bits per heavy atom. The third-order valence-electron chi connectivity index (χ3n) is 25.0. The lowest BCUT2D eigenvalue weighted by molar-refractivity contribution is 0.590. The van der Waals surface area contributed by atoms with Gasteiger partial charge in [0.2, 0.25) is 0 Å². The first-order valence-electron chi connectivity index (χ1n) is 43.6. The first-order chi connectivity index (χ1) is 59.2. The van der Waals surface area contributed by atoms with Crippen molar-refractivity contribution in [2.24, 2.45) is 0 Å². The largest absolute Gasteiger partial charge is 0.456 e. The van der Waals surface area contributed by atoms with Gasteiger partial charge < -0.3 is 28.4 Å². The Morgan fingerprint density at radius 2 is 0.371 bits per heavy atom. The number of fused-ring (bicyclic) bond motifs is 14. The van der Waals surface area contributed by atoms with Crippen LogP contribution in [0.2, 0.25) is 0 Å². The van der Waals surface area contributed by atoms with Crippen molar-refractivity contribution in [3.8, 4) is 0 Å². The number of thiophene rings is 2. The van der Waals surface area contributed by atoms with Crippen LogP contribution < -0.4 is 19.6 Å². The van der Waals surface area contributed by atoms with Crippen molar-refractivity contribution in [1.29, 1.82) is 0 Å². The maximum Gasteiger partial charge on any atom is 0.137 e. The summed E-state index contributed by atoms with van der Waals surface area (Å²) in [6.07, 6.45) is 0. The second-order valence-electron chi connectivity index (χ2n) is 40.0. The zero-order valence-corrected chi connectivity index (χ0v) is 76.2. The summed E-state index contributed by atoms with van der Waals surface area (Å²) in [7, 11) is 0. The highest BCUT2D eigenvalue weighted by molar-refractivity contribution is 7.26. The van der Waals surface area contributed by atoms with Crippen LogP contribution in [-0.4, -0.2) is 0 Å². The highest BCUT2D eigenvalue weighted by Gasteiger charge is 2.27. The summed E-state index contributed by atoms with van der Waals surface area (Å²) < 4.78 is 18.5. The average Bonchev–Trinajstić information content (AvgIpc) is 1.59. The molecular weight excluding hydrogens is 1550 g/mol. The van der Waals surface area contributed by atoms with E-state index in [2.05, 4.69) is 472 Å². The zero-order chi connectivity index (χ0) is 86.3. The topological polar surface area (TPSA) is 39.2 Å². The van der Waals surface area contributed by atoms with Gasteiger partial charge in [-0.15, -0.1) is 22.7 Å². The van der Waals surface area contributed by atoms with E-state index in [0.717, 1.165) is 112 Å².